The number of nitrogens with zero attached hydrogens (tertiary/aromatic N) is 2. The molecule has 0 aromatic carbocycles. The Kier molecular flexibility index (Phi) is 4.76. The highest BCUT2D eigenvalue weighted by Crippen LogP contribution is 2.28. The minimum Gasteiger partial charge on any atom is -0.342 e. The van der Waals surface area contributed by atoms with E-state index in [2.05, 4.69) is 4.98 Å². The maximum absolute atomic E-state index is 12.2. The molecule has 1 aromatic heterocycles. The molecular formula is C10H16F3N3S. The van der Waals surface area contributed by atoms with Gasteiger partial charge in [-0.15, -0.1) is 11.3 Å². The first kappa shape index (κ1) is 14.2. The van der Waals surface area contributed by atoms with E-state index in [9.17, 15) is 13.2 Å². The molecule has 2 N–H and O–H groups in total. The number of hydrogen-bond donors (Lipinski definition) is 1. The Balaban J connectivity index is 2.83. The number of anilines is 1. The average Bonchev–Trinajstić information content (AvgIpc) is 2.59. The molecule has 0 atom stereocenters. The van der Waals surface area contributed by atoms with Crippen molar-refractivity contribution in [2.75, 3.05) is 18.5 Å². The van der Waals surface area contributed by atoms with Gasteiger partial charge >= 0.3 is 6.18 Å². The second-order valence-corrected chi connectivity index (χ2v) is 4.85. The Labute approximate surface area is 102 Å². The normalized spacial score (nSPS) is 11.9. The van der Waals surface area contributed by atoms with Crippen LogP contribution in [0.4, 0.5) is 18.3 Å². The Morgan fingerprint density at radius 3 is 2.53 bits per heavy atom. The molecule has 0 spiro atoms. The summed E-state index contributed by atoms with van der Waals surface area (Å²) in [4.78, 5) is 6.20. The van der Waals surface area contributed by atoms with Gasteiger partial charge in [-0.05, 0) is 6.42 Å². The standard InChI is InChI=1S/C10H16F3N3S/c1-3-4-7-8(5-14)17-9(15-7)16(2)6-10(11,12)13/h3-6,14H2,1-2H3. The topological polar surface area (TPSA) is 42.2 Å². The van der Waals surface area contributed by atoms with Gasteiger partial charge < -0.3 is 10.6 Å². The molecule has 0 bridgehead atoms. The van der Waals surface area contributed by atoms with Crippen LogP contribution in [0.1, 0.15) is 23.9 Å². The van der Waals surface area contributed by atoms with E-state index in [1.807, 2.05) is 6.92 Å². The Morgan fingerprint density at radius 1 is 1.41 bits per heavy atom. The van der Waals surface area contributed by atoms with Gasteiger partial charge in [-0.2, -0.15) is 13.2 Å². The number of aryl methyl sites for hydroxylation is 1. The van der Waals surface area contributed by atoms with Crippen molar-refractivity contribution in [2.24, 2.45) is 5.73 Å². The van der Waals surface area contributed by atoms with Crippen LogP contribution in [0.2, 0.25) is 0 Å². The summed E-state index contributed by atoms with van der Waals surface area (Å²) in [6.07, 6.45) is -2.56. The zero-order chi connectivity index (χ0) is 13.1. The Bertz CT molecular complexity index is 362. The molecule has 3 nitrogen and oxygen atoms in total. The number of hydrogen-bond acceptors (Lipinski definition) is 4. The smallest absolute Gasteiger partial charge is 0.342 e. The van der Waals surface area contributed by atoms with E-state index in [4.69, 9.17) is 5.73 Å². The van der Waals surface area contributed by atoms with Crippen molar-refractivity contribution in [2.45, 2.75) is 32.5 Å². The summed E-state index contributed by atoms with van der Waals surface area (Å²) >= 11 is 1.24. The molecule has 0 saturated carbocycles. The lowest BCUT2D eigenvalue weighted by Crippen LogP contribution is -2.30. The molecule has 7 heteroatoms. The van der Waals surface area contributed by atoms with Crippen molar-refractivity contribution in [3.63, 3.8) is 0 Å². The van der Waals surface area contributed by atoms with E-state index in [1.54, 1.807) is 0 Å². The van der Waals surface area contributed by atoms with E-state index in [1.165, 1.54) is 18.4 Å². The number of alkyl halides is 3. The quantitative estimate of drug-likeness (QED) is 0.891. The fourth-order valence-corrected chi connectivity index (χ4v) is 2.41. The van der Waals surface area contributed by atoms with Crippen molar-refractivity contribution < 1.29 is 13.2 Å². The maximum atomic E-state index is 12.2. The van der Waals surface area contributed by atoms with Gasteiger partial charge in [0.25, 0.3) is 0 Å². The molecule has 0 aliphatic carbocycles. The highest BCUT2D eigenvalue weighted by molar-refractivity contribution is 7.15. The molecule has 0 saturated heterocycles. The van der Waals surface area contributed by atoms with Crippen LogP contribution in [-0.2, 0) is 13.0 Å². The molecule has 0 aliphatic heterocycles. The summed E-state index contributed by atoms with van der Waals surface area (Å²) in [5.41, 5.74) is 6.37. The highest BCUT2D eigenvalue weighted by atomic mass is 32.1. The first-order valence-electron chi connectivity index (χ1n) is 5.34. The van der Waals surface area contributed by atoms with E-state index in [0.717, 1.165) is 28.3 Å². The minimum absolute atomic E-state index is 0.326. The van der Waals surface area contributed by atoms with Crippen LogP contribution in [0, 0.1) is 0 Å². The minimum atomic E-state index is -4.21. The zero-order valence-electron chi connectivity index (χ0n) is 9.84. The lowest BCUT2D eigenvalue weighted by atomic mass is 10.2. The molecule has 1 aromatic rings. The van der Waals surface area contributed by atoms with Crippen molar-refractivity contribution in [3.8, 4) is 0 Å². The number of halogens is 3. The maximum Gasteiger partial charge on any atom is 0.405 e. The van der Waals surface area contributed by atoms with Crippen LogP contribution in [0.15, 0.2) is 0 Å². The van der Waals surface area contributed by atoms with Crippen molar-refractivity contribution >= 4 is 16.5 Å². The lowest BCUT2D eigenvalue weighted by Gasteiger charge is -2.17. The fraction of sp³-hybridized carbons (Fsp3) is 0.700. The molecule has 1 heterocycles. The molecule has 0 fully saturated rings. The summed E-state index contributed by atoms with van der Waals surface area (Å²) in [5.74, 6) is 0. The van der Waals surface area contributed by atoms with Gasteiger partial charge in [0.15, 0.2) is 5.13 Å². The zero-order valence-corrected chi connectivity index (χ0v) is 10.7. The second kappa shape index (κ2) is 5.68. The predicted molar refractivity (Wildman–Crippen MR) is 63.3 cm³/mol. The first-order chi connectivity index (χ1) is 7.87. The van der Waals surface area contributed by atoms with Crippen LogP contribution >= 0.6 is 11.3 Å². The summed E-state index contributed by atoms with van der Waals surface area (Å²) in [7, 11) is 1.39. The number of nitrogens with two attached hydrogens (primary N) is 1. The third-order valence-electron chi connectivity index (χ3n) is 2.18. The van der Waals surface area contributed by atoms with Gasteiger partial charge in [0, 0.05) is 18.5 Å². The van der Waals surface area contributed by atoms with E-state index < -0.39 is 12.7 Å². The summed E-state index contributed by atoms with van der Waals surface area (Å²) < 4.78 is 36.7. The summed E-state index contributed by atoms with van der Waals surface area (Å²) in [5, 5.41) is 0.381. The molecule has 0 aliphatic rings. The largest absolute Gasteiger partial charge is 0.405 e. The second-order valence-electron chi connectivity index (χ2n) is 3.79. The summed E-state index contributed by atoms with van der Waals surface area (Å²) in [6.45, 7) is 1.34. The van der Waals surface area contributed by atoms with Gasteiger partial charge in [-0.3, -0.25) is 0 Å². The van der Waals surface area contributed by atoms with Gasteiger partial charge in [0.2, 0.25) is 0 Å². The van der Waals surface area contributed by atoms with Crippen LogP contribution in [0.3, 0.4) is 0 Å². The summed E-state index contributed by atoms with van der Waals surface area (Å²) in [6, 6.07) is 0. The third-order valence-corrected chi connectivity index (χ3v) is 3.42. The van der Waals surface area contributed by atoms with Gasteiger partial charge in [0.05, 0.1) is 5.69 Å². The van der Waals surface area contributed by atoms with Crippen LogP contribution in [0.5, 0.6) is 0 Å². The van der Waals surface area contributed by atoms with Crippen LogP contribution in [0.25, 0.3) is 0 Å². The van der Waals surface area contributed by atoms with Crippen molar-refractivity contribution in [1.82, 2.24) is 4.98 Å². The van der Waals surface area contributed by atoms with E-state index >= 15 is 0 Å². The SMILES string of the molecule is CCCc1nc(N(C)CC(F)(F)F)sc1CN. The number of rotatable bonds is 5. The van der Waals surface area contributed by atoms with Crippen LogP contribution in [-0.4, -0.2) is 24.8 Å². The predicted octanol–water partition coefficient (Wildman–Crippen LogP) is 2.55. The molecule has 1 rings (SSSR count). The number of aromatic nitrogens is 1. The van der Waals surface area contributed by atoms with E-state index in [-0.39, 0.29) is 0 Å². The highest BCUT2D eigenvalue weighted by Gasteiger charge is 2.30. The van der Waals surface area contributed by atoms with Crippen LogP contribution < -0.4 is 10.6 Å². The lowest BCUT2D eigenvalue weighted by molar-refractivity contribution is -0.119. The number of thiazole rings is 1. The Morgan fingerprint density at radius 2 is 2.06 bits per heavy atom. The molecular weight excluding hydrogens is 251 g/mol. The average molecular weight is 267 g/mol. The molecule has 0 radical (unpaired) electrons. The van der Waals surface area contributed by atoms with Gasteiger partial charge in [0.1, 0.15) is 6.54 Å². The van der Waals surface area contributed by atoms with Crippen molar-refractivity contribution in [3.05, 3.63) is 10.6 Å². The first-order valence-corrected chi connectivity index (χ1v) is 6.15. The molecule has 0 amide bonds. The molecule has 0 unspecified atom stereocenters. The van der Waals surface area contributed by atoms with Crippen molar-refractivity contribution in [1.29, 1.82) is 0 Å². The van der Waals surface area contributed by atoms with Gasteiger partial charge in [-0.25, -0.2) is 4.98 Å². The molecule has 17 heavy (non-hydrogen) atoms. The molecule has 98 valence electrons. The monoisotopic (exact) mass is 267 g/mol. The van der Waals surface area contributed by atoms with E-state index in [0.29, 0.717) is 11.7 Å². The van der Waals surface area contributed by atoms with Gasteiger partial charge in [-0.1, -0.05) is 13.3 Å². The third kappa shape index (κ3) is 4.16. The Hall–Kier alpha value is -0.820. The fourth-order valence-electron chi connectivity index (χ4n) is 1.46.